The summed E-state index contributed by atoms with van der Waals surface area (Å²) in [5.74, 6) is -1.62. The molecule has 0 aromatic carbocycles. The van der Waals surface area contributed by atoms with Gasteiger partial charge in [0.2, 0.25) is 11.8 Å². The molecule has 0 aromatic heterocycles. The first-order chi connectivity index (χ1) is 7.43. The van der Waals surface area contributed by atoms with Crippen molar-refractivity contribution in [2.75, 3.05) is 13.6 Å². The quantitative estimate of drug-likeness (QED) is 0.678. The van der Waals surface area contributed by atoms with Crippen LogP contribution in [-0.4, -0.2) is 47.4 Å². The van der Waals surface area contributed by atoms with Gasteiger partial charge in [-0.05, 0) is 13.3 Å². The third kappa shape index (κ3) is 2.71. The summed E-state index contributed by atoms with van der Waals surface area (Å²) < 4.78 is 0. The topological polar surface area (TPSA) is 86.7 Å². The number of nitrogens with one attached hydrogen (secondary N) is 1. The van der Waals surface area contributed by atoms with Gasteiger partial charge in [-0.2, -0.15) is 0 Å². The van der Waals surface area contributed by atoms with Crippen molar-refractivity contribution in [2.24, 2.45) is 5.92 Å². The minimum atomic E-state index is -1.03. The Labute approximate surface area is 93.6 Å². The summed E-state index contributed by atoms with van der Waals surface area (Å²) in [5, 5.41) is 11.4. The van der Waals surface area contributed by atoms with Crippen LogP contribution in [0.1, 0.15) is 19.8 Å². The molecule has 0 aliphatic carbocycles. The van der Waals surface area contributed by atoms with Crippen molar-refractivity contribution in [3.05, 3.63) is 0 Å². The van der Waals surface area contributed by atoms with E-state index >= 15 is 0 Å². The minimum Gasteiger partial charge on any atom is -0.480 e. The fraction of sp³-hybridized carbons (Fsp3) is 0.700. The van der Waals surface area contributed by atoms with Crippen molar-refractivity contribution >= 4 is 17.8 Å². The second kappa shape index (κ2) is 4.96. The number of rotatable bonds is 3. The molecule has 6 nitrogen and oxygen atoms in total. The predicted octanol–water partition coefficient (Wildman–Crippen LogP) is -0.556. The van der Waals surface area contributed by atoms with Crippen LogP contribution in [0.2, 0.25) is 0 Å². The van der Waals surface area contributed by atoms with E-state index < -0.39 is 12.0 Å². The Hall–Kier alpha value is -1.59. The molecule has 2 amide bonds. The molecule has 0 bridgehead atoms. The van der Waals surface area contributed by atoms with Gasteiger partial charge in [0.15, 0.2) is 0 Å². The Morgan fingerprint density at radius 1 is 1.56 bits per heavy atom. The summed E-state index contributed by atoms with van der Waals surface area (Å²) in [6, 6.07) is -0.842. The van der Waals surface area contributed by atoms with Gasteiger partial charge in [-0.25, -0.2) is 4.79 Å². The maximum atomic E-state index is 11.9. The summed E-state index contributed by atoms with van der Waals surface area (Å²) in [4.78, 5) is 34.7. The lowest BCUT2D eigenvalue weighted by atomic mass is 9.97. The first-order valence-electron chi connectivity index (χ1n) is 5.19. The van der Waals surface area contributed by atoms with Crippen LogP contribution in [0.4, 0.5) is 0 Å². The number of hydrogen-bond acceptors (Lipinski definition) is 3. The van der Waals surface area contributed by atoms with Crippen LogP contribution < -0.4 is 5.32 Å². The highest BCUT2D eigenvalue weighted by molar-refractivity contribution is 5.86. The van der Waals surface area contributed by atoms with Gasteiger partial charge >= 0.3 is 5.97 Å². The summed E-state index contributed by atoms with van der Waals surface area (Å²) in [6.45, 7) is 1.76. The van der Waals surface area contributed by atoms with Crippen LogP contribution in [0, 0.1) is 5.92 Å². The minimum absolute atomic E-state index is 0.0574. The van der Waals surface area contributed by atoms with Crippen molar-refractivity contribution in [2.45, 2.75) is 25.8 Å². The molecular weight excluding hydrogens is 212 g/mol. The first kappa shape index (κ1) is 12.5. The molecule has 1 fully saturated rings. The molecule has 0 spiro atoms. The Kier molecular flexibility index (Phi) is 3.87. The smallest absolute Gasteiger partial charge is 0.326 e. The summed E-state index contributed by atoms with van der Waals surface area (Å²) in [7, 11) is 1.47. The molecular formula is C10H16N2O4. The van der Waals surface area contributed by atoms with Crippen LogP contribution in [0.15, 0.2) is 0 Å². The third-order valence-electron chi connectivity index (χ3n) is 2.90. The summed E-state index contributed by atoms with van der Waals surface area (Å²) in [5.41, 5.74) is 0. The van der Waals surface area contributed by atoms with Crippen molar-refractivity contribution < 1.29 is 19.5 Å². The van der Waals surface area contributed by atoms with Gasteiger partial charge in [-0.15, -0.1) is 0 Å². The van der Waals surface area contributed by atoms with Crippen LogP contribution >= 0.6 is 0 Å². The van der Waals surface area contributed by atoms with E-state index in [2.05, 4.69) is 5.32 Å². The molecule has 0 aromatic rings. The number of carboxylic acid groups (broad SMARTS) is 1. The zero-order valence-electron chi connectivity index (χ0n) is 9.40. The van der Waals surface area contributed by atoms with Gasteiger partial charge in [0, 0.05) is 20.0 Å². The van der Waals surface area contributed by atoms with Crippen LogP contribution in [0.5, 0.6) is 0 Å². The van der Waals surface area contributed by atoms with E-state index in [1.165, 1.54) is 18.9 Å². The highest BCUT2D eigenvalue weighted by Gasteiger charge is 2.30. The average Bonchev–Trinajstić information content (AvgIpc) is 2.27. The molecule has 1 aliphatic rings. The van der Waals surface area contributed by atoms with Crippen molar-refractivity contribution in [3.8, 4) is 0 Å². The maximum Gasteiger partial charge on any atom is 0.326 e. The van der Waals surface area contributed by atoms with E-state index in [1.807, 2.05) is 0 Å². The molecule has 2 N–H and O–H groups in total. The Balaban J connectivity index is 2.57. The zero-order chi connectivity index (χ0) is 12.3. The molecule has 90 valence electrons. The van der Waals surface area contributed by atoms with Crippen LogP contribution in [0.3, 0.4) is 0 Å². The van der Waals surface area contributed by atoms with Gasteiger partial charge in [-0.3, -0.25) is 9.59 Å². The number of carbonyl (C=O) groups is 3. The van der Waals surface area contributed by atoms with Crippen LogP contribution in [-0.2, 0) is 14.4 Å². The van der Waals surface area contributed by atoms with E-state index in [4.69, 9.17) is 5.11 Å². The normalized spacial score (nSPS) is 22.1. The molecule has 2 unspecified atom stereocenters. The molecule has 0 radical (unpaired) electrons. The van der Waals surface area contributed by atoms with Crippen LogP contribution in [0.25, 0.3) is 0 Å². The fourth-order valence-corrected chi connectivity index (χ4v) is 1.59. The second-order valence-electron chi connectivity index (χ2n) is 4.00. The number of piperidine rings is 1. The Bertz CT molecular complexity index is 306. The fourth-order valence-electron chi connectivity index (χ4n) is 1.59. The molecule has 1 aliphatic heterocycles. The molecule has 0 saturated carbocycles. The van der Waals surface area contributed by atoms with Crippen molar-refractivity contribution in [1.29, 1.82) is 0 Å². The maximum absolute atomic E-state index is 11.9. The number of hydrogen-bond donors (Lipinski definition) is 2. The molecule has 1 saturated heterocycles. The van der Waals surface area contributed by atoms with E-state index in [9.17, 15) is 14.4 Å². The lowest BCUT2D eigenvalue weighted by molar-refractivity contribution is -0.150. The van der Waals surface area contributed by atoms with Gasteiger partial charge in [0.25, 0.3) is 0 Å². The lowest BCUT2D eigenvalue weighted by Gasteiger charge is -2.28. The Morgan fingerprint density at radius 2 is 2.19 bits per heavy atom. The first-order valence-corrected chi connectivity index (χ1v) is 5.19. The largest absolute Gasteiger partial charge is 0.480 e. The molecule has 16 heavy (non-hydrogen) atoms. The highest BCUT2D eigenvalue weighted by atomic mass is 16.4. The van der Waals surface area contributed by atoms with Gasteiger partial charge in [-0.1, -0.05) is 0 Å². The number of aliphatic carboxylic acids is 1. The summed E-state index contributed by atoms with van der Waals surface area (Å²) in [6.07, 6.45) is 0.813. The molecule has 2 atom stereocenters. The summed E-state index contributed by atoms with van der Waals surface area (Å²) >= 11 is 0. The van der Waals surface area contributed by atoms with E-state index in [0.29, 0.717) is 19.4 Å². The number of nitrogens with zero attached hydrogens (tertiary/aromatic N) is 1. The van der Waals surface area contributed by atoms with Crippen molar-refractivity contribution in [3.63, 3.8) is 0 Å². The third-order valence-corrected chi connectivity index (χ3v) is 2.90. The van der Waals surface area contributed by atoms with Gasteiger partial charge < -0.3 is 15.3 Å². The number of likely N-dealkylation sites (N-methyl/N-ethyl adjacent to an activating group) is 1. The predicted molar refractivity (Wildman–Crippen MR) is 55.6 cm³/mol. The van der Waals surface area contributed by atoms with E-state index in [0.717, 1.165) is 0 Å². The van der Waals surface area contributed by atoms with E-state index in [1.54, 1.807) is 0 Å². The number of carboxylic acids is 1. The second-order valence-corrected chi connectivity index (χ2v) is 4.00. The highest BCUT2D eigenvalue weighted by Crippen LogP contribution is 2.14. The molecule has 1 rings (SSSR count). The zero-order valence-corrected chi connectivity index (χ0v) is 9.40. The number of carbonyl (C=O) groups excluding carboxylic acids is 2. The van der Waals surface area contributed by atoms with Crippen molar-refractivity contribution in [1.82, 2.24) is 10.2 Å². The van der Waals surface area contributed by atoms with Gasteiger partial charge in [0.05, 0.1) is 5.92 Å². The SMILES string of the molecule is CC(C(=O)O)N(C)C(=O)C1CCC(=O)NC1. The van der Waals surface area contributed by atoms with Gasteiger partial charge in [0.1, 0.15) is 6.04 Å². The standard InChI is InChI=1S/C10H16N2O4/c1-6(10(15)16)12(2)9(14)7-3-4-8(13)11-5-7/h6-7H,3-5H2,1-2H3,(H,11,13)(H,15,16). The molecule has 1 heterocycles. The van der Waals surface area contributed by atoms with E-state index in [-0.39, 0.29) is 17.7 Å². The average molecular weight is 228 g/mol. The Morgan fingerprint density at radius 3 is 2.62 bits per heavy atom. The molecule has 6 heteroatoms. The monoisotopic (exact) mass is 228 g/mol. The lowest BCUT2D eigenvalue weighted by Crippen LogP contribution is -2.48. The number of amides is 2.